The first-order chi connectivity index (χ1) is 12.1. The van der Waals surface area contributed by atoms with Crippen LogP contribution in [0.4, 0.5) is 0 Å². The van der Waals surface area contributed by atoms with Crippen LogP contribution in [-0.2, 0) is 0 Å². The van der Waals surface area contributed by atoms with Crippen molar-refractivity contribution in [2.24, 2.45) is 0 Å². The third-order valence-electron chi connectivity index (χ3n) is 4.72. The fraction of sp³-hybridized carbons (Fsp3) is 0.200. The summed E-state index contributed by atoms with van der Waals surface area (Å²) in [6.45, 7) is 3.46. The Morgan fingerprint density at radius 2 is 2.20 bits per heavy atom. The average Bonchev–Trinajstić information content (AvgIpc) is 3.07. The third kappa shape index (κ3) is 3.00. The average molecular weight is 396 g/mol. The Labute approximate surface area is 154 Å². The van der Waals surface area contributed by atoms with Crippen molar-refractivity contribution >= 4 is 38.3 Å². The molecule has 0 radical (unpaired) electrons. The molecule has 3 heterocycles. The quantitative estimate of drug-likeness (QED) is 0.690. The molecule has 25 heavy (non-hydrogen) atoms. The van der Waals surface area contributed by atoms with Crippen LogP contribution in [-0.4, -0.2) is 33.9 Å². The van der Waals surface area contributed by atoms with Crippen LogP contribution in [0.1, 0.15) is 27.9 Å². The minimum absolute atomic E-state index is 0.0267. The summed E-state index contributed by atoms with van der Waals surface area (Å²) in [5, 5.41) is 1.25. The smallest absolute Gasteiger partial charge is 0.255 e. The zero-order valence-electron chi connectivity index (χ0n) is 13.9. The number of pyridine rings is 1. The number of rotatable bonds is 2. The lowest BCUT2D eigenvalue weighted by molar-refractivity contribution is 0.0772. The maximum atomic E-state index is 12.6. The van der Waals surface area contributed by atoms with Gasteiger partial charge in [-0.3, -0.25) is 9.78 Å². The molecule has 0 fully saturated rings. The Morgan fingerprint density at radius 1 is 1.32 bits per heavy atom. The van der Waals surface area contributed by atoms with Gasteiger partial charge in [-0.15, -0.1) is 0 Å². The van der Waals surface area contributed by atoms with Crippen molar-refractivity contribution in [1.29, 1.82) is 0 Å². The lowest BCUT2D eigenvalue weighted by Gasteiger charge is -2.26. The number of aromatic nitrogens is 2. The molecule has 1 aliphatic rings. The van der Waals surface area contributed by atoms with Crippen molar-refractivity contribution in [2.75, 3.05) is 13.1 Å². The van der Waals surface area contributed by atoms with Crippen LogP contribution in [0, 0.1) is 6.92 Å². The van der Waals surface area contributed by atoms with Crippen LogP contribution < -0.4 is 0 Å². The monoisotopic (exact) mass is 395 g/mol. The van der Waals surface area contributed by atoms with Gasteiger partial charge in [-0.05, 0) is 46.5 Å². The van der Waals surface area contributed by atoms with Crippen LogP contribution in [0.3, 0.4) is 0 Å². The molecular formula is C20H18BrN3O. The van der Waals surface area contributed by atoms with Gasteiger partial charge in [-0.25, -0.2) is 0 Å². The number of amides is 1. The van der Waals surface area contributed by atoms with E-state index in [4.69, 9.17) is 0 Å². The second-order valence-electron chi connectivity index (χ2n) is 6.32. The lowest BCUT2D eigenvalue weighted by Crippen LogP contribution is -2.34. The summed E-state index contributed by atoms with van der Waals surface area (Å²) < 4.78 is 0.820. The topological polar surface area (TPSA) is 49.0 Å². The number of H-pyrrole nitrogens is 1. The molecule has 5 heteroatoms. The first kappa shape index (κ1) is 16.1. The van der Waals surface area contributed by atoms with Gasteiger partial charge in [0, 0.05) is 52.6 Å². The van der Waals surface area contributed by atoms with E-state index in [2.05, 4.69) is 63.3 Å². The fourth-order valence-electron chi connectivity index (χ4n) is 3.38. The Bertz CT molecular complexity index is 990. The maximum Gasteiger partial charge on any atom is 0.255 e. The molecule has 0 unspecified atom stereocenters. The molecule has 0 saturated heterocycles. The van der Waals surface area contributed by atoms with Gasteiger partial charge in [0.1, 0.15) is 0 Å². The number of nitrogens with zero attached hydrogens (tertiary/aromatic N) is 2. The van der Waals surface area contributed by atoms with Gasteiger partial charge in [0.25, 0.3) is 5.91 Å². The van der Waals surface area contributed by atoms with Crippen molar-refractivity contribution < 1.29 is 4.79 Å². The zero-order chi connectivity index (χ0) is 17.4. The van der Waals surface area contributed by atoms with E-state index < -0.39 is 0 Å². The summed E-state index contributed by atoms with van der Waals surface area (Å²) in [6.07, 6.45) is 8.41. The van der Waals surface area contributed by atoms with E-state index in [1.165, 1.54) is 27.6 Å². The first-order valence-corrected chi connectivity index (χ1v) is 9.09. The molecule has 126 valence electrons. The molecule has 2 aromatic heterocycles. The standard InChI is InChI=1S/C20H18BrN3O/c1-13-3-2-4-17-18(12-23-19(13)17)14-5-7-24(8-6-14)20(25)15-9-16(21)11-22-10-15/h2-5,9-12,23H,6-8H2,1H3. The van der Waals surface area contributed by atoms with Crippen molar-refractivity contribution in [3.63, 3.8) is 0 Å². The van der Waals surface area contributed by atoms with E-state index in [9.17, 15) is 4.79 Å². The van der Waals surface area contributed by atoms with Gasteiger partial charge in [0.2, 0.25) is 0 Å². The van der Waals surface area contributed by atoms with Gasteiger partial charge in [-0.1, -0.05) is 24.3 Å². The molecule has 0 atom stereocenters. The summed E-state index contributed by atoms with van der Waals surface area (Å²) in [4.78, 5) is 22.0. The minimum Gasteiger partial charge on any atom is -0.360 e. The first-order valence-electron chi connectivity index (χ1n) is 8.29. The lowest BCUT2D eigenvalue weighted by atomic mass is 9.98. The summed E-state index contributed by atoms with van der Waals surface area (Å²) in [5.41, 5.74) is 5.60. The minimum atomic E-state index is 0.0267. The molecule has 1 amide bonds. The zero-order valence-corrected chi connectivity index (χ0v) is 15.5. The molecule has 0 spiro atoms. The van der Waals surface area contributed by atoms with Crippen molar-refractivity contribution in [2.45, 2.75) is 13.3 Å². The van der Waals surface area contributed by atoms with Gasteiger partial charge in [0.05, 0.1) is 5.56 Å². The van der Waals surface area contributed by atoms with E-state index in [0.29, 0.717) is 12.1 Å². The number of nitrogens with one attached hydrogen (secondary N) is 1. The number of para-hydroxylation sites is 1. The van der Waals surface area contributed by atoms with E-state index in [-0.39, 0.29) is 5.91 Å². The summed E-state index contributed by atoms with van der Waals surface area (Å²) in [7, 11) is 0. The van der Waals surface area contributed by atoms with Crippen LogP contribution >= 0.6 is 15.9 Å². The second-order valence-corrected chi connectivity index (χ2v) is 7.24. The highest BCUT2D eigenvalue weighted by molar-refractivity contribution is 9.10. The summed E-state index contributed by atoms with van der Waals surface area (Å²) >= 11 is 3.37. The number of fused-ring (bicyclic) bond motifs is 1. The largest absolute Gasteiger partial charge is 0.360 e. The number of carbonyl (C=O) groups is 1. The molecule has 0 bridgehead atoms. The van der Waals surface area contributed by atoms with Gasteiger partial charge in [-0.2, -0.15) is 0 Å². The molecule has 1 aromatic carbocycles. The number of benzene rings is 1. The third-order valence-corrected chi connectivity index (χ3v) is 5.15. The van der Waals surface area contributed by atoms with Crippen LogP contribution in [0.25, 0.3) is 16.5 Å². The summed E-state index contributed by atoms with van der Waals surface area (Å²) in [5.74, 6) is 0.0267. The van der Waals surface area contributed by atoms with Crippen molar-refractivity contribution in [1.82, 2.24) is 14.9 Å². The number of hydrogen-bond donors (Lipinski definition) is 1. The fourth-order valence-corrected chi connectivity index (χ4v) is 3.75. The van der Waals surface area contributed by atoms with E-state index in [1.54, 1.807) is 12.4 Å². The summed E-state index contributed by atoms with van der Waals surface area (Å²) in [6, 6.07) is 8.18. The Hall–Kier alpha value is -2.40. The molecule has 4 nitrogen and oxygen atoms in total. The Morgan fingerprint density at radius 3 is 2.96 bits per heavy atom. The number of carbonyl (C=O) groups excluding carboxylic acids is 1. The molecule has 4 rings (SSSR count). The van der Waals surface area contributed by atoms with E-state index >= 15 is 0 Å². The Kier molecular flexibility index (Phi) is 4.17. The maximum absolute atomic E-state index is 12.6. The highest BCUT2D eigenvalue weighted by Crippen LogP contribution is 2.30. The van der Waals surface area contributed by atoms with Crippen LogP contribution in [0.15, 0.2) is 53.4 Å². The Balaban J connectivity index is 1.58. The molecule has 3 aromatic rings. The molecule has 0 aliphatic carbocycles. The predicted molar refractivity (Wildman–Crippen MR) is 103 cm³/mol. The van der Waals surface area contributed by atoms with Crippen LogP contribution in [0.2, 0.25) is 0 Å². The highest BCUT2D eigenvalue weighted by Gasteiger charge is 2.21. The van der Waals surface area contributed by atoms with Gasteiger partial charge >= 0.3 is 0 Å². The van der Waals surface area contributed by atoms with Crippen molar-refractivity contribution in [3.05, 3.63) is 70.1 Å². The van der Waals surface area contributed by atoms with E-state index in [1.807, 2.05) is 11.0 Å². The number of halogens is 1. The van der Waals surface area contributed by atoms with Gasteiger partial charge < -0.3 is 9.88 Å². The predicted octanol–water partition coefficient (Wildman–Crippen LogP) is 4.56. The molecular weight excluding hydrogens is 378 g/mol. The molecule has 1 N–H and O–H groups in total. The number of aromatic amines is 1. The van der Waals surface area contributed by atoms with E-state index in [0.717, 1.165) is 17.4 Å². The molecule has 0 saturated carbocycles. The van der Waals surface area contributed by atoms with Gasteiger partial charge in [0.15, 0.2) is 0 Å². The normalized spacial score (nSPS) is 14.6. The second kappa shape index (κ2) is 6.48. The van der Waals surface area contributed by atoms with Crippen LogP contribution in [0.5, 0.6) is 0 Å². The number of hydrogen-bond acceptors (Lipinski definition) is 2. The van der Waals surface area contributed by atoms with Crippen molar-refractivity contribution in [3.8, 4) is 0 Å². The SMILES string of the molecule is Cc1cccc2c(C3=CCN(C(=O)c4cncc(Br)c4)CC3)c[nH]c12. The molecule has 1 aliphatic heterocycles. The number of aryl methyl sites for hydroxylation is 1. The highest BCUT2D eigenvalue weighted by atomic mass is 79.9.